The number of thiazole rings is 1. The molecule has 0 saturated carbocycles. The molecule has 4 atom stereocenters. The van der Waals surface area contributed by atoms with Crippen LogP contribution in [-0.4, -0.2) is 61.5 Å². The monoisotopic (exact) mass is 531 g/mol. The summed E-state index contributed by atoms with van der Waals surface area (Å²) in [5.41, 5.74) is 3.44. The molecule has 13 nitrogen and oxygen atoms in total. The van der Waals surface area contributed by atoms with Crippen LogP contribution in [0.15, 0.2) is 16.7 Å². The molecule has 3 aliphatic heterocycles. The van der Waals surface area contributed by atoms with Crippen LogP contribution in [0.5, 0.6) is 0 Å². The van der Waals surface area contributed by atoms with E-state index in [0.29, 0.717) is 0 Å². The Hall–Kier alpha value is -2.45. The van der Waals surface area contributed by atoms with Crippen molar-refractivity contribution in [2.75, 3.05) is 17.6 Å². The number of fused-ring (bicyclic) bond motifs is 1. The molecule has 5 N–H and O–H groups in total. The minimum atomic E-state index is -4.27. The number of esters is 1. The molecule has 2 saturated heterocycles. The van der Waals surface area contributed by atoms with E-state index in [0.717, 1.165) is 23.2 Å². The lowest BCUT2D eigenvalue weighted by Crippen LogP contribution is -2.61. The highest BCUT2D eigenvalue weighted by Gasteiger charge is 2.64. The zero-order chi connectivity index (χ0) is 25.1. The maximum atomic E-state index is 14.3. The third kappa shape index (κ3) is 3.53. The molecule has 2 amide bonds. The average molecular weight is 532 g/mol. The summed E-state index contributed by atoms with van der Waals surface area (Å²) < 4.78 is 25.4. The van der Waals surface area contributed by atoms with Gasteiger partial charge in [-0.2, -0.15) is 5.48 Å². The van der Waals surface area contributed by atoms with E-state index < -0.39 is 53.2 Å². The zero-order valence-corrected chi connectivity index (χ0v) is 20.8. The number of nitrogen functional groups attached to an aromatic ring is 1. The van der Waals surface area contributed by atoms with E-state index in [1.165, 1.54) is 31.0 Å². The number of nitrogens with two attached hydrogens (primary N) is 1. The Kier molecular flexibility index (Phi) is 6.05. The topological polar surface area (TPSA) is 190 Å². The number of hydrogen-bond donors (Lipinski definition) is 4. The fourth-order valence-corrected chi connectivity index (χ4v) is 8.21. The van der Waals surface area contributed by atoms with E-state index in [2.05, 4.69) is 15.8 Å². The fourth-order valence-electron chi connectivity index (χ4n) is 3.93. The standard InChI is InChI=1S/C18H22N5O8PS2/c1-4-32(29)18(30-8(2)24,9-6-33-12-5-11(25)23(12)13(9)14(26)27)21-15(28)17(3,22-31-32)10-7-34-16(19)20-10/h7,12,22H,4-6H2,1-3H3,(H2,19,20)(H,21,28)(H,26,27)/t12-,17?,18?,32?/m1/s1. The van der Waals surface area contributed by atoms with Crippen molar-refractivity contribution in [3.63, 3.8) is 0 Å². The first-order chi connectivity index (χ1) is 15.9. The van der Waals surface area contributed by atoms with Crippen LogP contribution in [0, 0.1) is 0 Å². The summed E-state index contributed by atoms with van der Waals surface area (Å²) >= 11 is 2.27. The van der Waals surface area contributed by atoms with Gasteiger partial charge in [-0.1, -0.05) is 6.92 Å². The Bertz CT molecular complexity index is 1190. The molecule has 4 heterocycles. The minimum Gasteiger partial charge on any atom is -0.477 e. The van der Waals surface area contributed by atoms with Gasteiger partial charge in [0.05, 0.1) is 17.5 Å². The van der Waals surface area contributed by atoms with Crippen LogP contribution in [0.3, 0.4) is 0 Å². The third-order valence-electron chi connectivity index (χ3n) is 5.82. The van der Waals surface area contributed by atoms with Crippen molar-refractivity contribution in [2.45, 2.75) is 43.6 Å². The maximum absolute atomic E-state index is 14.3. The summed E-state index contributed by atoms with van der Waals surface area (Å²) in [7, 11) is -4.27. The van der Waals surface area contributed by atoms with Gasteiger partial charge in [-0.3, -0.25) is 23.8 Å². The number of carbonyl (C=O) groups is 4. The van der Waals surface area contributed by atoms with Crippen LogP contribution in [0.4, 0.5) is 5.13 Å². The fraction of sp³-hybridized carbons (Fsp3) is 0.500. The molecular formula is C18H22N5O8PS2. The van der Waals surface area contributed by atoms with Gasteiger partial charge >= 0.3 is 11.9 Å². The Morgan fingerprint density at radius 2 is 2.18 bits per heavy atom. The highest BCUT2D eigenvalue weighted by atomic mass is 32.2. The summed E-state index contributed by atoms with van der Waals surface area (Å²) in [6.07, 6.45) is -0.129. The van der Waals surface area contributed by atoms with Gasteiger partial charge in [0.15, 0.2) is 10.7 Å². The molecule has 3 unspecified atom stereocenters. The van der Waals surface area contributed by atoms with Crippen molar-refractivity contribution in [3.05, 3.63) is 22.3 Å². The summed E-state index contributed by atoms with van der Waals surface area (Å²) in [5, 5.41) is 13.8. The average Bonchev–Trinajstić information content (AvgIpc) is 3.18. The number of nitrogens with one attached hydrogen (secondary N) is 2. The predicted octanol–water partition coefficient (Wildman–Crippen LogP) is 0.750. The summed E-state index contributed by atoms with van der Waals surface area (Å²) in [6.45, 7) is 3.91. The van der Waals surface area contributed by atoms with Crippen molar-refractivity contribution in [2.24, 2.45) is 0 Å². The lowest BCUT2D eigenvalue weighted by Gasteiger charge is -2.48. The number of nitrogens with zero attached hydrogens (tertiary/aromatic N) is 2. The van der Waals surface area contributed by atoms with Crippen molar-refractivity contribution >= 4 is 59.4 Å². The second-order valence-corrected chi connectivity index (χ2v) is 12.8. The van der Waals surface area contributed by atoms with Crippen molar-refractivity contribution in [3.8, 4) is 0 Å². The van der Waals surface area contributed by atoms with Gasteiger partial charge in [0, 0.05) is 29.8 Å². The minimum absolute atomic E-state index is 0.0860. The van der Waals surface area contributed by atoms with E-state index in [4.69, 9.17) is 15.1 Å². The van der Waals surface area contributed by atoms with Gasteiger partial charge in [0.1, 0.15) is 5.70 Å². The number of hydrogen-bond acceptors (Lipinski definition) is 12. The number of carboxylic acid groups (broad SMARTS) is 1. The number of aliphatic carboxylic acids is 1. The molecule has 3 aliphatic rings. The molecule has 0 radical (unpaired) electrons. The third-order valence-corrected chi connectivity index (χ3v) is 10.4. The number of carbonyl (C=O) groups excluding carboxylic acids is 3. The van der Waals surface area contributed by atoms with Crippen LogP contribution in [-0.2, 0) is 38.6 Å². The Morgan fingerprint density at radius 1 is 1.47 bits per heavy atom. The quantitative estimate of drug-likeness (QED) is 0.237. The van der Waals surface area contributed by atoms with Crippen molar-refractivity contribution in [1.29, 1.82) is 0 Å². The molecular weight excluding hydrogens is 509 g/mol. The molecule has 4 rings (SSSR count). The number of amides is 2. The number of β-lactam (4-membered cyclic amide) rings is 1. The normalized spacial score (nSPS) is 33.5. The number of anilines is 1. The SMILES string of the molecule is CCP1(=O)ONC(C)(c2csc(N)n2)C(=O)NC1(OC(C)=O)C1=C(C(=O)O)N2C(=O)C[C@H]2SC1. The van der Waals surface area contributed by atoms with Crippen LogP contribution >= 0.6 is 30.5 Å². The smallest absolute Gasteiger partial charge is 0.352 e. The summed E-state index contributed by atoms with van der Waals surface area (Å²) in [4.78, 5) is 55.6. The van der Waals surface area contributed by atoms with Crippen molar-refractivity contribution < 1.29 is 38.2 Å². The number of aromatic nitrogens is 1. The molecule has 184 valence electrons. The first-order valence-electron chi connectivity index (χ1n) is 10.1. The first-order valence-corrected chi connectivity index (χ1v) is 13.8. The molecule has 2 fully saturated rings. The van der Waals surface area contributed by atoms with Gasteiger partial charge < -0.3 is 20.9 Å². The number of rotatable bonds is 5. The van der Waals surface area contributed by atoms with Crippen LogP contribution in [0.1, 0.15) is 32.9 Å². The van der Waals surface area contributed by atoms with Crippen LogP contribution in [0.2, 0.25) is 0 Å². The molecule has 16 heteroatoms. The highest BCUT2D eigenvalue weighted by Crippen LogP contribution is 2.64. The van der Waals surface area contributed by atoms with Gasteiger partial charge in [0.2, 0.25) is 5.91 Å². The van der Waals surface area contributed by atoms with E-state index in [-0.39, 0.29) is 34.7 Å². The molecule has 1 aromatic heterocycles. The number of hydroxylamine groups is 1. The van der Waals surface area contributed by atoms with E-state index in [9.17, 15) is 28.8 Å². The van der Waals surface area contributed by atoms with Crippen molar-refractivity contribution in [1.82, 2.24) is 20.7 Å². The largest absolute Gasteiger partial charge is 0.477 e. The lowest BCUT2D eigenvalue weighted by molar-refractivity contribution is -0.153. The van der Waals surface area contributed by atoms with E-state index >= 15 is 0 Å². The lowest BCUT2D eigenvalue weighted by atomic mass is 9.98. The number of thioether (sulfide) groups is 1. The number of ether oxygens (including phenoxy) is 1. The summed E-state index contributed by atoms with van der Waals surface area (Å²) in [6, 6.07) is 0. The predicted molar refractivity (Wildman–Crippen MR) is 121 cm³/mol. The van der Waals surface area contributed by atoms with E-state index in [1.807, 2.05) is 0 Å². The molecule has 0 spiro atoms. The van der Waals surface area contributed by atoms with Crippen LogP contribution < -0.4 is 16.5 Å². The Morgan fingerprint density at radius 3 is 2.71 bits per heavy atom. The van der Waals surface area contributed by atoms with Crippen LogP contribution in [0.25, 0.3) is 0 Å². The summed E-state index contributed by atoms with van der Waals surface area (Å²) in [5.74, 6) is -3.85. The first kappa shape index (κ1) is 24.7. The zero-order valence-electron chi connectivity index (χ0n) is 18.3. The molecule has 0 bridgehead atoms. The molecule has 0 aromatic carbocycles. The molecule has 1 aromatic rings. The Labute approximate surface area is 201 Å². The second-order valence-electron chi connectivity index (χ2n) is 7.94. The van der Waals surface area contributed by atoms with Gasteiger partial charge in [-0.05, 0) is 6.92 Å². The molecule has 0 aliphatic carbocycles. The maximum Gasteiger partial charge on any atom is 0.352 e. The van der Waals surface area contributed by atoms with Gasteiger partial charge in [-0.15, -0.1) is 23.1 Å². The molecule has 34 heavy (non-hydrogen) atoms. The van der Waals surface area contributed by atoms with Gasteiger partial charge in [0.25, 0.3) is 18.7 Å². The Balaban J connectivity index is 1.96. The number of carboxylic acids is 1. The van der Waals surface area contributed by atoms with Gasteiger partial charge in [-0.25, -0.2) is 14.4 Å². The highest BCUT2D eigenvalue weighted by molar-refractivity contribution is 8.00. The second kappa shape index (κ2) is 8.34. The van der Waals surface area contributed by atoms with E-state index in [1.54, 1.807) is 0 Å².